The molecule has 0 radical (unpaired) electrons. The molecule has 1 aliphatic rings. The maximum absolute atomic E-state index is 16.0. The Balaban J connectivity index is 1.24. The second-order valence-electron chi connectivity index (χ2n) is 13.0. The van der Waals surface area contributed by atoms with Gasteiger partial charge in [-0.1, -0.05) is 164 Å². The van der Waals surface area contributed by atoms with Gasteiger partial charge >= 0.3 is 0 Å². The van der Waals surface area contributed by atoms with Crippen LogP contribution >= 0.6 is 7.14 Å². The SMILES string of the molecule is O=P1(c2ccccc2)c2cc(N(Cc3ccccc3)Cc3ccccc3)ccc2-c2ccc(N(Cc3ccccc3)Cc3ccccc3)cc21. The Morgan fingerprint density at radius 2 is 0.660 bits per heavy atom. The molecule has 0 bridgehead atoms. The Morgan fingerprint density at radius 1 is 0.360 bits per heavy atom. The van der Waals surface area contributed by atoms with E-state index in [1.807, 2.05) is 30.3 Å². The fourth-order valence-corrected chi connectivity index (χ4v) is 10.3. The minimum Gasteiger partial charge on any atom is -0.363 e. The van der Waals surface area contributed by atoms with Crippen LogP contribution in [0.1, 0.15) is 22.3 Å². The van der Waals surface area contributed by atoms with Gasteiger partial charge in [-0.25, -0.2) is 0 Å². The molecule has 7 aromatic rings. The minimum atomic E-state index is -3.22. The predicted molar refractivity (Wildman–Crippen MR) is 210 cm³/mol. The Morgan fingerprint density at radius 3 is 0.980 bits per heavy atom. The van der Waals surface area contributed by atoms with E-state index in [1.54, 1.807) is 0 Å². The van der Waals surface area contributed by atoms with Gasteiger partial charge in [-0.2, -0.15) is 0 Å². The van der Waals surface area contributed by atoms with Crippen LogP contribution in [0.15, 0.2) is 188 Å². The van der Waals surface area contributed by atoms with Crippen LogP contribution in [-0.2, 0) is 30.7 Å². The fraction of sp³-hybridized carbons (Fsp3) is 0.0870. The Bertz CT molecular complexity index is 2020. The van der Waals surface area contributed by atoms with Gasteiger partial charge in [0.1, 0.15) is 0 Å². The summed E-state index contributed by atoms with van der Waals surface area (Å²) < 4.78 is 16.0. The summed E-state index contributed by atoms with van der Waals surface area (Å²) in [6.07, 6.45) is 0. The molecule has 0 atom stereocenters. The van der Waals surface area contributed by atoms with E-state index in [-0.39, 0.29) is 0 Å². The summed E-state index contributed by atoms with van der Waals surface area (Å²) in [6, 6.07) is 65.7. The first-order valence-electron chi connectivity index (χ1n) is 17.3. The molecular weight excluding hydrogens is 627 g/mol. The monoisotopic (exact) mass is 666 g/mol. The lowest BCUT2D eigenvalue weighted by molar-refractivity contribution is 0.593. The predicted octanol–water partition coefficient (Wildman–Crippen LogP) is 9.72. The number of hydrogen-bond donors (Lipinski definition) is 0. The molecule has 8 rings (SSSR count). The highest BCUT2D eigenvalue weighted by molar-refractivity contribution is 7.86. The summed E-state index contributed by atoms with van der Waals surface area (Å²) in [5.41, 5.74) is 9.19. The fourth-order valence-electron chi connectivity index (χ4n) is 7.15. The van der Waals surface area contributed by atoms with Gasteiger partial charge in [0.2, 0.25) is 0 Å². The van der Waals surface area contributed by atoms with Crippen molar-refractivity contribution >= 4 is 34.4 Å². The molecule has 0 aromatic heterocycles. The van der Waals surface area contributed by atoms with Crippen molar-refractivity contribution in [2.45, 2.75) is 26.2 Å². The third kappa shape index (κ3) is 6.41. The number of benzene rings is 7. The normalized spacial score (nSPS) is 12.6. The molecule has 50 heavy (non-hydrogen) atoms. The number of nitrogens with zero attached hydrogens (tertiary/aromatic N) is 2. The van der Waals surface area contributed by atoms with Crippen molar-refractivity contribution in [1.82, 2.24) is 0 Å². The molecule has 0 unspecified atom stereocenters. The molecule has 0 fully saturated rings. The van der Waals surface area contributed by atoms with Crippen LogP contribution < -0.4 is 25.7 Å². The zero-order chi connectivity index (χ0) is 33.8. The maximum Gasteiger partial charge on any atom is 0.172 e. The summed E-state index contributed by atoms with van der Waals surface area (Å²) in [4.78, 5) is 4.80. The van der Waals surface area contributed by atoms with Gasteiger partial charge in [0.25, 0.3) is 0 Å². The summed E-state index contributed by atoms with van der Waals surface area (Å²) in [5, 5.41) is 2.69. The summed E-state index contributed by atoms with van der Waals surface area (Å²) in [7, 11) is -3.22. The van der Waals surface area contributed by atoms with E-state index in [0.717, 1.165) is 64.6 Å². The van der Waals surface area contributed by atoms with Crippen molar-refractivity contribution in [3.8, 4) is 11.1 Å². The summed E-state index contributed by atoms with van der Waals surface area (Å²) in [5.74, 6) is 0. The molecule has 1 aliphatic heterocycles. The van der Waals surface area contributed by atoms with E-state index in [0.29, 0.717) is 0 Å². The molecule has 0 saturated heterocycles. The number of rotatable bonds is 11. The molecule has 1 heterocycles. The van der Waals surface area contributed by atoms with Crippen LogP contribution in [0.3, 0.4) is 0 Å². The molecule has 0 amide bonds. The van der Waals surface area contributed by atoms with Gasteiger partial charge in [-0.05, 0) is 57.6 Å². The van der Waals surface area contributed by atoms with Crippen LogP contribution in [0.5, 0.6) is 0 Å². The second kappa shape index (κ2) is 14.1. The van der Waals surface area contributed by atoms with E-state index in [2.05, 4.69) is 168 Å². The van der Waals surface area contributed by atoms with Crippen LogP contribution in [0.4, 0.5) is 11.4 Å². The van der Waals surface area contributed by atoms with Crippen molar-refractivity contribution in [2.75, 3.05) is 9.80 Å². The van der Waals surface area contributed by atoms with Crippen LogP contribution in [-0.4, -0.2) is 0 Å². The Kier molecular flexibility index (Phi) is 8.90. The highest BCUT2D eigenvalue weighted by atomic mass is 31.2. The third-order valence-corrected chi connectivity index (χ3v) is 12.8. The van der Waals surface area contributed by atoms with Gasteiger partial charge in [0.15, 0.2) is 7.14 Å². The van der Waals surface area contributed by atoms with Crippen molar-refractivity contribution in [1.29, 1.82) is 0 Å². The van der Waals surface area contributed by atoms with Crippen molar-refractivity contribution < 1.29 is 4.57 Å². The van der Waals surface area contributed by atoms with Gasteiger partial charge < -0.3 is 14.4 Å². The van der Waals surface area contributed by atoms with E-state index in [1.165, 1.54) is 22.3 Å². The maximum atomic E-state index is 16.0. The van der Waals surface area contributed by atoms with E-state index in [4.69, 9.17) is 0 Å². The first-order chi connectivity index (χ1) is 24.6. The van der Waals surface area contributed by atoms with Crippen LogP contribution in [0, 0.1) is 0 Å². The highest BCUT2D eigenvalue weighted by Gasteiger charge is 2.41. The van der Waals surface area contributed by atoms with Gasteiger partial charge in [0, 0.05) is 53.5 Å². The molecule has 0 aliphatic carbocycles. The highest BCUT2D eigenvalue weighted by Crippen LogP contribution is 2.53. The molecule has 244 valence electrons. The first kappa shape index (κ1) is 31.6. The summed E-state index contributed by atoms with van der Waals surface area (Å²) >= 11 is 0. The molecule has 0 N–H and O–H groups in total. The standard InChI is InChI=1S/C46H39N2OP/c49-50(42-24-14-5-15-25-42)45-30-40(47(32-36-16-6-1-7-17-36)33-37-18-8-2-9-19-37)26-28-43(45)44-29-27-41(31-46(44)50)48(34-38-20-10-3-11-21-38)35-39-22-12-4-13-23-39/h1-31H,32-35H2. The molecule has 4 heteroatoms. The lowest BCUT2D eigenvalue weighted by Crippen LogP contribution is -2.26. The van der Waals surface area contributed by atoms with E-state index < -0.39 is 7.14 Å². The molecular formula is C46H39N2OP. The van der Waals surface area contributed by atoms with E-state index in [9.17, 15) is 0 Å². The topological polar surface area (TPSA) is 23.6 Å². The second-order valence-corrected chi connectivity index (χ2v) is 15.7. The van der Waals surface area contributed by atoms with Crippen molar-refractivity contribution in [3.05, 3.63) is 210 Å². The Hall–Kier alpha value is -5.63. The first-order valence-corrected chi connectivity index (χ1v) is 19.0. The Labute approximate surface area is 295 Å². The smallest absolute Gasteiger partial charge is 0.172 e. The van der Waals surface area contributed by atoms with Gasteiger partial charge in [0.05, 0.1) is 0 Å². The minimum absolute atomic E-state index is 0.745. The molecule has 0 saturated carbocycles. The van der Waals surface area contributed by atoms with Crippen LogP contribution in [0.2, 0.25) is 0 Å². The molecule has 0 spiro atoms. The van der Waals surface area contributed by atoms with Gasteiger partial charge in [-0.15, -0.1) is 0 Å². The molecule has 7 aromatic carbocycles. The molecule has 3 nitrogen and oxygen atoms in total. The van der Waals surface area contributed by atoms with Crippen molar-refractivity contribution in [2.24, 2.45) is 0 Å². The summed E-state index contributed by atoms with van der Waals surface area (Å²) in [6.45, 7) is 2.98. The average Bonchev–Trinajstić information content (AvgIpc) is 3.44. The quantitative estimate of drug-likeness (QED) is 0.129. The van der Waals surface area contributed by atoms with Gasteiger partial charge in [-0.3, -0.25) is 0 Å². The van der Waals surface area contributed by atoms with Crippen molar-refractivity contribution in [3.63, 3.8) is 0 Å². The average molecular weight is 667 g/mol. The number of anilines is 2. The lowest BCUT2D eigenvalue weighted by Gasteiger charge is -2.27. The largest absolute Gasteiger partial charge is 0.363 e. The zero-order valence-electron chi connectivity index (χ0n) is 28.0. The number of fused-ring (bicyclic) bond motifs is 3. The lowest BCUT2D eigenvalue weighted by atomic mass is 10.0. The van der Waals surface area contributed by atoms with Crippen LogP contribution in [0.25, 0.3) is 11.1 Å². The zero-order valence-corrected chi connectivity index (χ0v) is 28.9. The van der Waals surface area contributed by atoms with E-state index >= 15 is 4.57 Å². The third-order valence-electron chi connectivity index (χ3n) is 9.65. The number of hydrogen-bond acceptors (Lipinski definition) is 3.